The Morgan fingerprint density at radius 1 is 1.05 bits per heavy atom. The Hall–Kier alpha value is -2.02. The summed E-state index contributed by atoms with van der Waals surface area (Å²) in [4.78, 5) is 29.0. The van der Waals surface area contributed by atoms with Crippen LogP contribution in [0.5, 0.6) is 0 Å². The molecule has 0 saturated heterocycles. The highest BCUT2D eigenvalue weighted by Gasteiger charge is 2.36. The van der Waals surface area contributed by atoms with Gasteiger partial charge in [-0.2, -0.15) is 4.99 Å². The number of rotatable bonds is 2. The summed E-state index contributed by atoms with van der Waals surface area (Å²) in [7, 11) is 0. The summed E-state index contributed by atoms with van der Waals surface area (Å²) in [5, 5.41) is 0. The fourth-order valence-electron chi connectivity index (χ4n) is 3.54. The zero-order chi connectivity index (χ0) is 13.2. The Kier molecular flexibility index (Phi) is 3.12. The fourth-order valence-corrected chi connectivity index (χ4v) is 3.54. The fraction of sp³-hybridized carbons (Fsp3) is 0.467. The van der Waals surface area contributed by atoms with Crippen molar-refractivity contribution in [3.63, 3.8) is 0 Å². The zero-order valence-electron chi connectivity index (χ0n) is 10.5. The molecular weight excluding hydrogens is 240 g/mol. The van der Waals surface area contributed by atoms with Gasteiger partial charge in [-0.25, -0.2) is 14.6 Å². The van der Waals surface area contributed by atoms with E-state index in [1.54, 1.807) is 12.2 Å². The molecule has 0 N–H and O–H groups in total. The molecule has 0 aromatic heterocycles. The number of nitrogens with zero attached hydrogens (tertiary/aromatic N) is 2. The van der Waals surface area contributed by atoms with E-state index in [0.29, 0.717) is 0 Å². The molecule has 1 aromatic carbocycles. The van der Waals surface area contributed by atoms with Crippen LogP contribution in [0.15, 0.2) is 28.2 Å². The van der Waals surface area contributed by atoms with Crippen LogP contribution in [0.1, 0.15) is 47.9 Å². The first-order valence-electron chi connectivity index (χ1n) is 6.60. The minimum atomic E-state index is -0.0809. The molecule has 2 aliphatic carbocycles. The van der Waals surface area contributed by atoms with E-state index in [-0.39, 0.29) is 18.0 Å². The maximum absolute atomic E-state index is 10.6. The molecule has 0 aliphatic heterocycles. The van der Waals surface area contributed by atoms with E-state index >= 15 is 0 Å². The van der Waals surface area contributed by atoms with Crippen LogP contribution in [0.3, 0.4) is 0 Å². The van der Waals surface area contributed by atoms with Gasteiger partial charge in [0, 0.05) is 5.92 Å². The number of isocyanates is 2. The van der Waals surface area contributed by atoms with Crippen molar-refractivity contribution in [2.45, 2.75) is 43.7 Å². The number of carbonyl (C=O) groups excluding carboxylic acids is 2. The Balaban J connectivity index is 2.12. The third-order valence-electron chi connectivity index (χ3n) is 4.31. The molecule has 3 atom stereocenters. The predicted molar refractivity (Wildman–Crippen MR) is 69.5 cm³/mol. The van der Waals surface area contributed by atoms with E-state index in [9.17, 15) is 9.59 Å². The second-order valence-corrected chi connectivity index (χ2v) is 5.17. The smallest absolute Gasteiger partial charge is 0.211 e. The summed E-state index contributed by atoms with van der Waals surface area (Å²) in [5.74, 6) is 0.277. The second kappa shape index (κ2) is 4.93. The van der Waals surface area contributed by atoms with Crippen LogP contribution in [-0.2, 0) is 16.0 Å². The Labute approximate surface area is 111 Å². The topological polar surface area (TPSA) is 58.9 Å². The van der Waals surface area contributed by atoms with Gasteiger partial charge in [-0.1, -0.05) is 18.2 Å². The van der Waals surface area contributed by atoms with Crippen molar-refractivity contribution in [2.75, 3.05) is 0 Å². The third-order valence-corrected chi connectivity index (χ3v) is 4.31. The van der Waals surface area contributed by atoms with Crippen LogP contribution in [-0.4, -0.2) is 18.2 Å². The first kappa shape index (κ1) is 12.0. The van der Waals surface area contributed by atoms with Gasteiger partial charge in [0.05, 0.1) is 12.1 Å². The highest BCUT2D eigenvalue weighted by molar-refractivity contribution is 5.47. The van der Waals surface area contributed by atoms with E-state index in [2.05, 4.69) is 16.1 Å². The predicted octanol–water partition coefficient (Wildman–Crippen LogP) is 2.59. The SMILES string of the molecule is O=C=NC1CCC2c3c(cccc31)CCC2N=C=O. The zero-order valence-corrected chi connectivity index (χ0v) is 10.5. The molecule has 0 fully saturated rings. The van der Waals surface area contributed by atoms with Gasteiger partial charge in [-0.3, -0.25) is 0 Å². The lowest BCUT2D eigenvalue weighted by Gasteiger charge is -2.37. The average Bonchev–Trinajstić information content (AvgIpc) is 2.44. The number of aliphatic imine (C=N–C) groups is 2. The van der Waals surface area contributed by atoms with Crippen molar-refractivity contribution in [2.24, 2.45) is 9.98 Å². The van der Waals surface area contributed by atoms with Gasteiger partial charge >= 0.3 is 0 Å². The van der Waals surface area contributed by atoms with E-state index in [4.69, 9.17) is 0 Å². The minimum Gasteiger partial charge on any atom is -0.211 e. The largest absolute Gasteiger partial charge is 0.235 e. The van der Waals surface area contributed by atoms with Crippen molar-refractivity contribution in [3.8, 4) is 0 Å². The maximum atomic E-state index is 10.6. The first-order valence-corrected chi connectivity index (χ1v) is 6.60. The molecule has 19 heavy (non-hydrogen) atoms. The van der Waals surface area contributed by atoms with E-state index in [1.807, 2.05) is 12.1 Å². The van der Waals surface area contributed by atoms with Crippen molar-refractivity contribution < 1.29 is 9.59 Å². The van der Waals surface area contributed by atoms with Crippen LogP contribution in [0.25, 0.3) is 0 Å². The Bertz CT molecular complexity index is 598. The first-order chi connectivity index (χ1) is 9.35. The van der Waals surface area contributed by atoms with Crippen LogP contribution >= 0.6 is 0 Å². The molecule has 0 saturated carbocycles. The summed E-state index contributed by atoms with van der Waals surface area (Å²) in [5.41, 5.74) is 3.68. The lowest BCUT2D eigenvalue weighted by atomic mass is 9.70. The van der Waals surface area contributed by atoms with Crippen LogP contribution in [0.2, 0.25) is 0 Å². The molecule has 0 amide bonds. The van der Waals surface area contributed by atoms with Crippen LogP contribution < -0.4 is 0 Å². The summed E-state index contributed by atoms with van der Waals surface area (Å²) in [6, 6.07) is 6.13. The van der Waals surface area contributed by atoms with Gasteiger partial charge in [0.15, 0.2) is 0 Å². The summed E-state index contributed by atoms with van der Waals surface area (Å²) in [6.45, 7) is 0. The average molecular weight is 254 g/mol. The standard InChI is InChI=1S/C15H14N2O2/c18-8-16-13-6-4-10-2-1-3-11-14(17-9-19)7-5-12(13)15(10)11/h1-3,12-14H,4-7H2. The monoisotopic (exact) mass is 254 g/mol. The lowest BCUT2D eigenvalue weighted by molar-refractivity contribution is 0.392. The van der Waals surface area contributed by atoms with E-state index < -0.39 is 0 Å². The number of benzene rings is 1. The Morgan fingerprint density at radius 3 is 2.68 bits per heavy atom. The van der Waals surface area contributed by atoms with Crippen molar-refractivity contribution in [3.05, 3.63) is 34.9 Å². The summed E-state index contributed by atoms with van der Waals surface area (Å²) in [6.07, 6.45) is 6.93. The maximum Gasteiger partial charge on any atom is 0.235 e. The molecule has 1 aromatic rings. The van der Waals surface area contributed by atoms with E-state index in [0.717, 1.165) is 31.2 Å². The van der Waals surface area contributed by atoms with Crippen LogP contribution in [0.4, 0.5) is 0 Å². The number of hydrogen-bond donors (Lipinski definition) is 0. The van der Waals surface area contributed by atoms with Crippen molar-refractivity contribution in [1.29, 1.82) is 0 Å². The summed E-state index contributed by atoms with van der Waals surface area (Å²) >= 11 is 0. The highest BCUT2D eigenvalue weighted by Crippen LogP contribution is 2.46. The summed E-state index contributed by atoms with van der Waals surface area (Å²) < 4.78 is 0. The molecule has 96 valence electrons. The molecule has 2 aliphatic rings. The van der Waals surface area contributed by atoms with Gasteiger partial charge in [0.2, 0.25) is 12.2 Å². The number of hydrogen-bond acceptors (Lipinski definition) is 4. The molecule has 4 nitrogen and oxygen atoms in total. The molecule has 0 heterocycles. The number of aryl methyl sites for hydroxylation is 1. The molecule has 3 rings (SSSR count). The highest BCUT2D eigenvalue weighted by atomic mass is 16.1. The molecule has 0 spiro atoms. The van der Waals surface area contributed by atoms with E-state index in [1.165, 1.54) is 11.1 Å². The molecule has 4 heteroatoms. The quantitative estimate of drug-likeness (QED) is 0.601. The molecule has 0 bridgehead atoms. The van der Waals surface area contributed by atoms with Gasteiger partial charge in [0.1, 0.15) is 0 Å². The van der Waals surface area contributed by atoms with Gasteiger partial charge in [-0.05, 0) is 42.4 Å². The molecule has 3 unspecified atom stereocenters. The second-order valence-electron chi connectivity index (χ2n) is 5.17. The molecule has 0 radical (unpaired) electrons. The normalized spacial score (nSPS) is 27.7. The Morgan fingerprint density at radius 2 is 1.89 bits per heavy atom. The lowest BCUT2D eigenvalue weighted by Crippen LogP contribution is -2.29. The minimum absolute atomic E-state index is 0.0345. The van der Waals surface area contributed by atoms with Gasteiger partial charge in [0.25, 0.3) is 0 Å². The van der Waals surface area contributed by atoms with Gasteiger partial charge in [-0.15, -0.1) is 0 Å². The van der Waals surface area contributed by atoms with Crippen molar-refractivity contribution >= 4 is 12.2 Å². The molecular formula is C15H14N2O2. The van der Waals surface area contributed by atoms with Crippen molar-refractivity contribution in [1.82, 2.24) is 0 Å². The van der Waals surface area contributed by atoms with Gasteiger partial charge < -0.3 is 0 Å². The third kappa shape index (κ3) is 1.95. The van der Waals surface area contributed by atoms with Crippen LogP contribution in [0, 0.1) is 0 Å².